The predicted octanol–water partition coefficient (Wildman–Crippen LogP) is 2.15. The highest BCUT2D eigenvalue weighted by molar-refractivity contribution is 8.31. The highest BCUT2D eigenvalue weighted by Crippen LogP contribution is 2.47. The minimum atomic E-state index is -0.730. The molecule has 0 bridgehead atoms. The standard InChI is InChI=1S/C8H12O2S2/c1-6(5-7(9)10)12-4-2-3-8(12)11/h2-4,6,11-12H,5H2,1H3,(H,9,10). The van der Waals surface area contributed by atoms with E-state index in [0.29, 0.717) is 0 Å². The molecule has 0 aromatic rings. The maximum atomic E-state index is 10.4. The van der Waals surface area contributed by atoms with Gasteiger partial charge in [0.1, 0.15) is 0 Å². The number of carboxylic acids is 1. The molecular formula is C8H12O2S2. The van der Waals surface area contributed by atoms with E-state index in [2.05, 4.69) is 18.0 Å². The molecule has 68 valence electrons. The summed E-state index contributed by atoms with van der Waals surface area (Å²) in [6.45, 7) is 1.96. The summed E-state index contributed by atoms with van der Waals surface area (Å²) in [5.74, 6) is -0.730. The van der Waals surface area contributed by atoms with Crippen LogP contribution < -0.4 is 0 Å². The molecule has 1 N–H and O–H groups in total. The van der Waals surface area contributed by atoms with Crippen molar-refractivity contribution >= 4 is 29.5 Å². The van der Waals surface area contributed by atoms with Gasteiger partial charge in [0.15, 0.2) is 0 Å². The summed E-state index contributed by atoms with van der Waals surface area (Å²) in [6, 6.07) is 0. The largest absolute Gasteiger partial charge is 0.481 e. The van der Waals surface area contributed by atoms with Crippen LogP contribution in [-0.2, 0) is 4.79 Å². The molecule has 0 amide bonds. The van der Waals surface area contributed by atoms with Crippen molar-refractivity contribution in [3.63, 3.8) is 0 Å². The van der Waals surface area contributed by atoms with Gasteiger partial charge in [0.25, 0.3) is 0 Å². The molecule has 0 saturated heterocycles. The summed E-state index contributed by atoms with van der Waals surface area (Å²) in [7, 11) is -0.436. The van der Waals surface area contributed by atoms with Gasteiger partial charge in [0, 0.05) is 9.49 Å². The zero-order valence-corrected chi connectivity index (χ0v) is 8.56. The minimum Gasteiger partial charge on any atom is -0.481 e. The molecule has 1 aliphatic heterocycles. The monoisotopic (exact) mass is 204 g/mol. The van der Waals surface area contributed by atoms with Crippen molar-refractivity contribution in [1.82, 2.24) is 0 Å². The van der Waals surface area contributed by atoms with Gasteiger partial charge in [0.05, 0.1) is 6.42 Å². The van der Waals surface area contributed by atoms with Crippen molar-refractivity contribution in [1.29, 1.82) is 0 Å². The topological polar surface area (TPSA) is 37.3 Å². The Bertz CT molecular complexity index is 245. The first-order chi connectivity index (χ1) is 5.61. The average Bonchev–Trinajstić information content (AvgIpc) is 2.33. The Hall–Kier alpha value is -0.350. The summed E-state index contributed by atoms with van der Waals surface area (Å²) < 4.78 is 1.03. The van der Waals surface area contributed by atoms with Gasteiger partial charge in [-0.1, -0.05) is 13.0 Å². The number of hydrogen-bond donors (Lipinski definition) is 3. The molecule has 1 heterocycles. The summed E-state index contributed by atoms with van der Waals surface area (Å²) in [5.41, 5.74) is 0. The molecule has 0 spiro atoms. The second-order valence-corrected chi connectivity index (χ2v) is 6.03. The molecule has 0 saturated carbocycles. The van der Waals surface area contributed by atoms with Gasteiger partial charge in [-0.05, 0) is 11.5 Å². The van der Waals surface area contributed by atoms with Crippen molar-refractivity contribution < 1.29 is 9.90 Å². The van der Waals surface area contributed by atoms with Crippen LogP contribution in [0.2, 0.25) is 0 Å². The van der Waals surface area contributed by atoms with Gasteiger partial charge in [-0.3, -0.25) is 4.79 Å². The molecule has 2 nitrogen and oxygen atoms in total. The average molecular weight is 204 g/mol. The molecule has 0 aromatic heterocycles. The fourth-order valence-corrected chi connectivity index (χ4v) is 3.77. The summed E-state index contributed by atoms with van der Waals surface area (Å²) in [6.07, 6.45) is 4.12. The van der Waals surface area contributed by atoms with Crippen LogP contribution in [0.15, 0.2) is 21.8 Å². The Morgan fingerprint density at radius 3 is 2.92 bits per heavy atom. The Labute approximate surface area is 80.1 Å². The zero-order chi connectivity index (χ0) is 9.14. The second kappa shape index (κ2) is 4.05. The number of carbonyl (C=O) groups is 1. The van der Waals surface area contributed by atoms with Crippen LogP contribution in [0.4, 0.5) is 0 Å². The lowest BCUT2D eigenvalue weighted by Gasteiger charge is -2.20. The summed E-state index contributed by atoms with van der Waals surface area (Å²) >= 11 is 4.28. The van der Waals surface area contributed by atoms with Crippen LogP contribution in [0.5, 0.6) is 0 Å². The Morgan fingerprint density at radius 2 is 2.50 bits per heavy atom. The summed E-state index contributed by atoms with van der Waals surface area (Å²) in [5, 5.41) is 10.8. The minimum absolute atomic E-state index is 0.194. The van der Waals surface area contributed by atoms with E-state index in [0.717, 1.165) is 4.24 Å². The number of thiol groups is 2. The van der Waals surface area contributed by atoms with Gasteiger partial charge < -0.3 is 5.11 Å². The normalized spacial score (nSPS) is 26.8. The maximum absolute atomic E-state index is 10.4. The van der Waals surface area contributed by atoms with Gasteiger partial charge in [-0.15, -0.1) is 12.6 Å². The van der Waals surface area contributed by atoms with E-state index >= 15 is 0 Å². The lowest BCUT2D eigenvalue weighted by molar-refractivity contribution is -0.136. The second-order valence-electron chi connectivity index (χ2n) is 2.72. The van der Waals surface area contributed by atoms with Gasteiger partial charge in [-0.25, -0.2) is 0 Å². The number of rotatable bonds is 3. The van der Waals surface area contributed by atoms with Crippen LogP contribution in [0.3, 0.4) is 0 Å². The number of allylic oxidation sites excluding steroid dienone is 2. The Morgan fingerprint density at radius 1 is 1.83 bits per heavy atom. The van der Waals surface area contributed by atoms with E-state index in [4.69, 9.17) is 5.11 Å². The van der Waals surface area contributed by atoms with Crippen LogP contribution >= 0.6 is 23.5 Å². The molecule has 2 unspecified atom stereocenters. The number of hydrogen-bond acceptors (Lipinski definition) is 2. The van der Waals surface area contributed by atoms with E-state index in [-0.39, 0.29) is 11.7 Å². The lowest BCUT2D eigenvalue weighted by Crippen LogP contribution is -2.08. The van der Waals surface area contributed by atoms with E-state index in [1.165, 1.54) is 0 Å². The fourth-order valence-electron chi connectivity index (χ4n) is 1.11. The van der Waals surface area contributed by atoms with Crippen molar-refractivity contribution in [2.75, 3.05) is 0 Å². The molecule has 2 atom stereocenters. The van der Waals surface area contributed by atoms with Crippen LogP contribution in [0.1, 0.15) is 13.3 Å². The van der Waals surface area contributed by atoms with Crippen molar-refractivity contribution in [3.8, 4) is 0 Å². The number of aliphatic carboxylic acids is 1. The van der Waals surface area contributed by atoms with E-state index in [1.807, 2.05) is 19.1 Å². The molecule has 4 heteroatoms. The molecule has 0 radical (unpaired) electrons. The van der Waals surface area contributed by atoms with Crippen LogP contribution in [-0.4, -0.2) is 16.3 Å². The van der Waals surface area contributed by atoms with Crippen LogP contribution in [0, 0.1) is 0 Å². The Kier molecular flexibility index (Phi) is 3.29. The smallest absolute Gasteiger partial charge is 0.304 e. The van der Waals surface area contributed by atoms with E-state index in [1.54, 1.807) is 0 Å². The quantitative estimate of drug-likeness (QED) is 0.616. The van der Waals surface area contributed by atoms with Crippen molar-refractivity contribution in [2.45, 2.75) is 18.6 Å². The Balaban J connectivity index is 2.53. The van der Waals surface area contributed by atoms with Gasteiger partial charge in [-0.2, -0.15) is 10.9 Å². The third-order valence-corrected chi connectivity index (χ3v) is 4.85. The van der Waals surface area contributed by atoms with Gasteiger partial charge in [0.2, 0.25) is 0 Å². The third kappa shape index (κ3) is 2.32. The van der Waals surface area contributed by atoms with Gasteiger partial charge >= 0.3 is 5.97 Å². The molecule has 0 aliphatic carbocycles. The molecule has 0 fully saturated rings. The highest BCUT2D eigenvalue weighted by atomic mass is 32.2. The van der Waals surface area contributed by atoms with E-state index < -0.39 is 16.9 Å². The first kappa shape index (κ1) is 9.74. The maximum Gasteiger partial charge on any atom is 0.304 e. The number of carboxylic acid groups (broad SMARTS) is 1. The SMILES string of the molecule is CC(CC(=O)O)[SH]1C=CC=C1S. The molecule has 0 aromatic carbocycles. The molecule has 12 heavy (non-hydrogen) atoms. The lowest BCUT2D eigenvalue weighted by atomic mass is 10.3. The van der Waals surface area contributed by atoms with E-state index in [9.17, 15) is 4.79 Å². The predicted molar refractivity (Wildman–Crippen MR) is 56.9 cm³/mol. The first-order valence-corrected chi connectivity index (χ1v) is 5.61. The fraction of sp³-hybridized carbons (Fsp3) is 0.375. The van der Waals surface area contributed by atoms with Crippen LogP contribution in [0.25, 0.3) is 0 Å². The van der Waals surface area contributed by atoms with Crippen molar-refractivity contribution in [2.24, 2.45) is 0 Å². The molecular weight excluding hydrogens is 192 g/mol. The third-order valence-electron chi connectivity index (χ3n) is 1.70. The highest BCUT2D eigenvalue weighted by Gasteiger charge is 2.17. The zero-order valence-electron chi connectivity index (χ0n) is 6.77. The molecule has 1 rings (SSSR count). The van der Waals surface area contributed by atoms with Crippen molar-refractivity contribution in [3.05, 3.63) is 21.8 Å². The summed E-state index contributed by atoms with van der Waals surface area (Å²) in [4.78, 5) is 10.4. The molecule has 1 aliphatic rings. The first-order valence-electron chi connectivity index (χ1n) is 3.69.